The number of rotatable bonds is 5. The number of hydrogen-bond donors (Lipinski definition) is 2. The van der Waals surface area contributed by atoms with Crippen molar-refractivity contribution >= 4 is 34.0 Å². The van der Waals surface area contributed by atoms with E-state index in [-0.39, 0.29) is 30.0 Å². The summed E-state index contributed by atoms with van der Waals surface area (Å²) < 4.78 is 64.6. The third-order valence-electron chi connectivity index (χ3n) is 2.61. The van der Waals surface area contributed by atoms with Crippen LogP contribution in [-0.2, 0) is 16.2 Å². The molecule has 0 fully saturated rings. The van der Waals surface area contributed by atoms with Crippen LogP contribution in [0.15, 0.2) is 23.1 Å². The molecule has 0 heterocycles. The van der Waals surface area contributed by atoms with E-state index in [9.17, 15) is 21.6 Å². The average molecular weight is 367 g/mol. The normalized spacial score (nSPS) is 13.6. The topological polar surface area (TPSA) is 58.2 Å². The molecule has 2 N–H and O–H groups in total. The van der Waals surface area contributed by atoms with E-state index >= 15 is 0 Å². The van der Waals surface area contributed by atoms with Gasteiger partial charge in [-0.05, 0) is 32.2 Å². The van der Waals surface area contributed by atoms with Crippen molar-refractivity contribution in [2.75, 3.05) is 13.6 Å². The number of hydrogen-bond acceptors (Lipinski definition) is 3. The molecule has 1 aromatic rings. The van der Waals surface area contributed by atoms with E-state index in [0.717, 1.165) is 12.1 Å². The number of sulfonamides is 1. The fraction of sp³-hybridized carbons (Fsp3) is 0.455. The maximum atomic E-state index is 12.9. The molecule has 0 aromatic heterocycles. The van der Waals surface area contributed by atoms with Gasteiger partial charge in [0.1, 0.15) is 0 Å². The van der Waals surface area contributed by atoms with Crippen molar-refractivity contribution in [2.24, 2.45) is 0 Å². The smallest absolute Gasteiger partial charge is 0.316 e. The molecule has 0 aliphatic heterocycles. The van der Waals surface area contributed by atoms with Crippen LogP contribution >= 0.6 is 24.0 Å². The maximum absolute atomic E-state index is 12.9. The van der Waals surface area contributed by atoms with Gasteiger partial charge in [-0.3, -0.25) is 0 Å². The van der Waals surface area contributed by atoms with Crippen LogP contribution in [0, 0.1) is 0 Å². The van der Waals surface area contributed by atoms with Crippen LogP contribution < -0.4 is 10.0 Å². The van der Waals surface area contributed by atoms with Gasteiger partial charge in [0, 0.05) is 17.6 Å². The van der Waals surface area contributed by atoms with Crippen molar-refractivity contribution in [1.82, 2.24) is 10.0 Å². The second-order valence-corrected chi connectivity index (χ2v) is 6.35. The van der Waals surface area contributed by atoms with Crippen LogP contribution in [0.4, 0.5) is 13.2 Å². The lowest BCUT2D eigenvalue weighted by Gasteiger charge is -2.16. The van der Waals surface area contributed by atoms with Crippen molar-refractivity contribution in [3.63, 3.8) is 0 Å². The first-order valence-electron chi connectivity index (χ1n) is 5.61. The molecule has 0 bridgehead atoms. The molecular formula is C11H15Cl2F3N2O2S. The Balaban J connectivity index is 0.00000400. The third kappa shape index (κ3) is 5.63. The lowest BCUT2D eigenvalue weighted by Crippen LogP contribution is -2.37. The Labute approximate surface area is 132 Å². The van der Waals surface area contributed by atoms with E-state index in [2.05, 4.69) is 10.0 Å². The van der Waals surface area contributed by atoms with Gasteiger partial charge in [0.05, 0.1) is 10.5 Å². The van der Waals surface area contributed by atoms with Crippen LogP contribution in [0.5, 0.6) is 0 Å². The highest BCUT2D eigenvalue weighted by molar-refractivity contribution is 7.89. The second kappa shape index (κ2) is 7.64. The van der Waals surface area contributed by atoms with Gasteiger partial charge in [-0.2, -0.15) is 13.2 Å². The van der Waals surface area contributed by atoms with Crippen molar-refractivity contribution < 1.29 is 21.6 Å². The summed E-state index contributed by atoms with van der Waals surface area (Å²) in [6.07, 6.45) is -4.80. The highest BCUT2D eigenvalue weighted by Crippen LogP contribution is 2.35. The summed E-state index contributed by atoms with van der Waals surface area (Å²) in [6.45, 7) is 1.66. The van der Waals surface area contributed by atoms with Crippen molar-refractivity contribution in [3.05, 3.63) is 28.8 Å². The van der Waals surface area contributed by atoms with Crippen LogP contribution in [0.2, 0.25) is 5.02 Å². The minimum atomic E-state index is -4.80. The highest BCUT2D eigenvalue weighted by Gasteiger charge is 2.37. The van der Waals surface area contributed by atoms with Crippen LogP contribution in [0.25, 0.3) is 0 Å². The Kier molecular flexibility index (Phi) is 7.44. The summed E-state index contributed by atoms with van der Waals surface area (Å²) >= 11 is 5.50. The van der Waals surface area contributed by atoms with Gasteiger partial charge in [0.15, 0.2) is 0 Å². The molecule has 0 spiro atoms. The van der Waals surface area contributed by atoms with Gasteiger partial charge >= 0.3 is 6.18 Å². The van der Waals surface area contributed by atoms with Gasteiger partial charge in [0.25, 0.3) is 0 Å². The first kappa shape index (κ1) is 20.5. The number of halogens is 5. The van der Waals surface area contributed by atoms with Crippen molar-refractivity contribution in [1.29, 1.82) is 0 Å². The van der Waals surface area contributed by atoms with Gasteiger partial charge in [-0.15, -0.1) is 12.4 Å². The molecule has 10 heteroatoms. The fourth-order valence-electron chi connectivity index (χ4n) is 1.37. The Bertz CT molecular complexity index is 579. The lowest BCUT2D eigenvalue weighted by molar-refractivity contribution is -0.139. The third-order valence-corrected chi connectivity index (χ3v) is 4.33. The molecule has 0 amide bonds. The van der Waals surface area contributed by atoms with Crippen molar-refractivity contribution in [2.45, 2.75) is 24.0 Å². The highest BCUT2D eigenvalue weighted by atomic mass is 35.5. The number of benzene rings is 1. The van der Waals surface area contributed by atoms with E-state index < -0.39 is 26.7 Å². The van der Waals surface area contributed by atoms with Gasteiger partial charge in [0.2, 0.25) is 10.0 Å². The molecule has 0 aliphatic rings. The summed E-state index contributed by atoms with van der Waals surface area (Å²) in [5.74, 6) is 0. The zero-order valence-electron chi connectivity index (χ0n) is 11.2. The molecule has 1 aromatic carbocycles. The molecule has 122 valence electrons. The van der Waals surface area contributed by atoms with Gasteiger partial charge in [-0.25, -0.2) is 13.1 Å². The average Bonchev–Trinajstić information content (AvgIpc) is 2.34. The molecular weight excluding hydrogens is 352 g/mol. The van der Waals surface area contributed by atoms with Crippen LogP contribution in [0.1, 0.15) is 12.5 Å². The Morgan fingerprint density at radius 1 is 1.33 bits per heavy atom. The van der Waals surface area contributed by atoms with Crippen molar-refractivity contribution in [3.8, 4) is 0 Å². The zero-order chi connectivity index (χ0) is 15.6. The molecule has 0 saturated heterocycles. The molecule has 1 atom stereocenters. The first-order chi connectivity index (χ1) is 9.08. The summed E-state index contributed by atoms with van der Waals surface area (Å²) in [5.41, 5.74) is -1.28. The minimum absolute atomic E-state index is 0. The maximum Gasteiger partial charge on any atom is 0.417 e. The predicted molar refractivity (Wildman–Crippen MR) is 77.4 cm³/mol. The molecule has 0 aliphatic carbocycles. The summed E-state index contributed by atoms with van der Waals surface area (Å²) in [4.78, 5) is -0.835. The minimum Gasteiger partial charge on any atom is -0.316 e. The molecule has 1 rings (SSSR count). The van der Waals surface area contributed by atoms with Gasteiger partial charge in [-0.1, -0.05) is 11.6 Å². The van der Waals surface area contributed by atoms with Gasteiger partial charge < -0.3 is 5.32 Å². The quantitative estimate of drug-likeness (QED) is 0.842. The summed E-state index contributed by atoms with van der Waals surface area (Å²) in [7, 11) is -2.65. The largest absolute Gasteiger partial charge is 0.417 e. The Hall–Kier alpha value is -0.540. The number of likely N-dealkylation sites (N-methyl/N-ethyl adjacent to an activating group) is 1. The van der Waals surface area contributed by atoms with E-state index in [1.807, 2.05) is 0 Å². The summed E-state index contributed by atoms with van der Waals surface area (Å²) in [5, 5.41) is 2.59. The molecule has 0 saturated carbocycles. The number of nitrogens with one attached hydrogen (secondary N) is 2. The van der Waals surface area contributed by atoms with E-state index in [4.69, 9.17) is 11.6 Å². The fourth-order valence-corrected chi connectivity index (χ4v) is 2.88. The first-order valence-corrected chi connectivity index (χ1v) is 7.47. The van der Waals surface area contributed by atoms with E-state index in [1.165, 1.54) is 0 Å². The molecule has 21 heavy (non-hydrogen) atoms. The van der Waals surface area contributed by atoms with Crippen LogP contribution in [-0.4, -0.2) is 28.1 Å². The molecule has 4 nitrogen and oxygen atoms in total. The standard InChI is InChI=1S/C11H14ClF3N2O2S.ClH/c1-7(16-2)6-17-20(18,19)10-4-3-8(12)5-9(10)11(13,14)15;/h3-5,7,16-17H,6H2,1-2H3;1H. The summed E-state index contributed by atoms with van der Waals surface area (Å²) in [6, 6.07) is 2.33. The SMILES string of the molecule is CNC(C)CNS(=O)(=O)c1ccc(Cl)cc1C(F)(F)F.Cl. The number of alkyl halides is 3. The zero-order valence-corrected chi connectivity index (χ0v) is 13.6. The van der Waals surface area contributed by atoms with E-state index in [1.54, 1.807) is 14.0 Å². The molecule has 0 radical (unpaired) electrons. The molecule has 1 unspecified atom stereocenters. The second-order valence-electron chi connectivity index (χ2n) is 4.18. The Morgan fingerprint density at radius 3 is 2.38 bits per heavy atom. The predicted octanol–water partition coefficient (Wildman–Crippen LogP) is 2.67. The van der Waals surface area contributed by atoms with E-state index in [0.29, 0.717) is 6.07 Å². The Morgan fingerprint density at radius 2 is 1.90 bits per heavy atom. The monoisotopic (exact) mass is 366 g/mol. The lowest BCUT2D eigenvalue weighted by atomic mass is 10.2. The van der Waals surface area contributed by atoms with Crippen LogP contribution in [0.3, 0.4) is 0 Å².